The lowest BCUT2D eigenvalue weighted by atomic mass is 9.89. The van der Waals surface area contributed by atoms with Gasteiger partial charge in [0.2, 0.25) is 5.91 Å². The van der Waals surface area contributed by atoms with Crippen molar-refractivity contribution in [3.63, 3.8) is 0 Å². The first-order chi connectivity index (χ1) is 14.4. The lowest BCUT2D eigenvalue weighted by Gasteiger charge is -2.23. The molecule has 2 aliphatic rings. The molecular weight excluding hydrogens is 378 g/mol. The number of hydrogen-bond acceptors (Lipinski definition) is 3. The zero-order chi connectivity index (χ0) is 21.3. The Labute approximate surface area is 176 Å². The van der Waals surface area contributed by atoms with Gasteiger partial charge in [0.25, 0.3) is 5.91 Å². The molecule has 2 aromatic carbocycles. The van der Waals surface area contributed by atoms with Gasteiger partial charge in [-0.25, -0.2) is 4.79 Å². The zero-order valence-electron chi connectivity index (χ0n) is 17.5. The summed E-state index contributed by atoms with van der Waals surface area (Å²) in [7, 11) is 0. The van der Waals surface area contributed by atoms with Crippen LogP contribution < -0.4 is 10.6 Å². The van der Waals surface area contributed by atoms with Gasteiger partial charge >= 0.3 is 6.03 Å². The zero-order valence-corrected chi connectivity index (χ0v) is 17.5. The van der Waals surface area contributed by atoms with Crippen LogP contribution in [0.25, 0.3) is 0 Å². The van der Waals surface area contributed by atoms with E-state index < -0.39 is 11.6 Å². The van der Waals surface area contributed by atoms with Gasteiger partial charge in [0.1, 0.15) is 12.1 Å². The maximum atomic E-state index is 13.1. The van der Waals surface area contributed by atoms with Crippen LogP contribution in [0.1, 0.15) is 41.2 Å². The largest absolute Gasteiger partial charge is 0.354 e. The molecule has 0 spiro atoms. The van der Waals surface area contributed by atoms with E-state index in [1.54, 1.807) is 6.92 Å². The van der Waals surface area contributed by atoms with Crippen molar-refractivity contribution < 1.29 is 14.4 Å². The number of rotatable bonds is 6. The molecule has 1 aliphatic carbocycles. The first-order valence-electron chi connectivity index (χ1n) is 10.5. The minimum absolute atomic E-state index is 0.279. The molecule has 0 saturated carbocycles. The first-order valence-corrected chi connectivity index (χ1v) is 10.5. The van der Waals surface area contributed by atoms with E-state index in [1.165, 1.54) is 16.7 Å². The van der Waals surface area contributed by atoms with E-state index in [-0.39, 0.29) is 18.4 Å². The van der Waals surface area contributed by atoms with Crippen LogP contribution >= 0.6 is 0 Å². The second-order valence-corrected chi connectivity index (χ2v) is 8.31. The minimum atomic E-state index is -1.14. The van der Waals surface area contributed by atoms with Gasteiger partial charge in [-0.15, -0.1) is 0 Å². The average Bonchev–Trinajstić information content (AvgIpc) is 3.28. The maximum absolute atomic E-state index is 13.1. The second kappa shape index (κ2) is 7.94. The van der Waals surface area contributed by atoms with Gasteiger partial charge in [-0.2, -0.15) is 0 Å². The number of carbonyl (C=O) groups is 3. The van der Waals surface area contributed by atoms with Crippen LogP contribution in [-0.4, -0.2) is 35.8 Å². The highest BCUT2D eigenvalue weighted by atomic mass is 16.2. The van der Waals surface area contributed by atoms with Crippen molar-refractivity contribution in [2.24, 2.45) is 0 Å². The van der Waals surface area contributed by atoms with Crippen molar-refractivity contribution in [2.75, 3.05) is 13.1 Å². The van der Waals surface area contributed by atoms with E-state index in [0.29, 0.717) is 13.0 Å². The summed E-state index contributed by atoms with van der Waals surface area (Å²) >= 11 is 0. The number of urea groups is 1. The summed E-state index contributed by atoms with van der Waals surface area (Å²) in [6.45, 7) is 3.92. The molecule has 156 valence electrons. The van der Waals surface area contributed by atoms with E-state index in [0.717, 1.165) is 35.3 Å². The fourth-order valence-electron chi connectivity index (χ4n) is 4.35. The van der Waals surface area contributed by atoms with Crippen molar-refractivity contribution >= 4 is 17.8 Å². The molecule has 6 nitrogen and oxygen atoms in total. The van der Waals surface area contributed by atoms with E-state index in [9.17, 15) is 14.4 Å². The lowest BCUT2D eigenvalue weighted by molar-refractivity contribution is -0.134. The number of nitrogens with one attached hydrogen (secondary N) is 2. The third-order valence-electron chi connectivity index (χ3n) is 6.23. The normalized spacial score (nSPS) is 20.3. The van der Waals surface area contributed by atoms with Crippen molar-refractivity contribution in [2.45, 2.75) is 45.1 Å². The van der Waals surface area contributed by atoms with Crippen molar-refractivity contribution in [1.29, 1.82) is 0 Å². The Bertz CT molecular complexity index is 1020. The highest BCUT2D eigenvalue weighted by Crippen LogP contribution is 2.32. The quantitative estimate of drug-likeness (QED) is 0.725. The van der Waals surface area contributed by atoms with Gasteiger partial charge in [0, 0.05) is 6.54 Å². The number of amides is 4. The molecular formula is C24H27N3O3. The highest BCUT2D eigenvalue weighted by Gasteiger charge is 2.49. The van der Waals surface area contributed by atoms with Gasteiger partial charge in [0.15, 0.2) is 0 Å². The predicted octanol–water partition coefficient (Wildman–Crippen LogP) is 2.61. The van der Waals surface area contributed by atoms with Gasteiger partial charge in [-0.1, -0.05) is 42.5 Å². The fraction of sp³-hybridized carbons (Fsp3) is 0.375. The van der Waals surface area contributed by atoms with E-state index >= 15 is 0 Å². The van der Waals surface area contributed by atoms with Crippen molar-refractivity contribution in [3.05, 3.63) is 70.3 Å². The molecule has 0 aromatic heterocycles. The Morgan fingerprint density at radius 1 is 1.13 bits per heavy atom. The van der Waals surface area contributed by atoms with Crippen LogP contribution in [0, 0.1) is 6.92 Å². The lowest BCUT2D eigenvalue weighted by Crippen LogP contribution is -2.43. The van der Waals surface area contributed by atoms with Crippen LogP contribution in [0.5, 0.6) is 0 Å². The summed E-state index contributed by atoms with van der Waals surface area (Å²) < 4.78 is 0. The predicted molar refractivity (Wildman–Crippen MR) is 114 cm³/mol. The number of hydrogen-bond donors (Lipinski definition) is 2. The summed E-state index contributed by atoms with van der Waals surface area (Å²) in [5.74, 6) is -0.732. The average molecular weight is 405 g/mol. The standard InChI is InChI=1S/C24H27N3O3/c1-16-6-3-4-7-17(16)12-13-25-21(28)15-27-22(29)24(2,26-23(27)30)20-11-10-18-8-5-9-19(18)14-20/h3-4,6-7,10-11,14H,5,8-9,12-13,15H2,1-2H3,(H,25,28)(H,26,30)/t24-/m0/s1. The van der Waals surface area contributed by atoms with Crippen LogP contribution in [-0.2, 0) is 34.4 Å². The van der Waals surface area contributed by atoms with Crippen LogP contribution in [0.3, 0.4) is 0 Å². The first kappa shape index (κ1) is 20.1. The van der Waals surface area contributed by atoms with Gasteiger partial charge in [-0.05, 0) is 67.3 Å². The highest BCUT2D eigenvalue weighted by molar-refractivity contribution is 6.09. The molecule has 4 rings (SSSR count). The van der Waals surface area contributed by atoms with Gasteiger partial charge in [-0.3, -0.25) is 14.5 Å². The Morgan fingerprint density at radius 3 is 2.70 bits per heavy atom. The molecule has 1 atom stereocenters. The number of fused-ring (bicyclic) bond motifs is 1. The molecule has 6 heteroatoms. The maximum Gasteiger partial charge on any atom is 0.325 e. The summed E-state index contributed by atoms with van der Waals surface area (Å²) in [6.07, 6.45) is 3.87. The number of aryl methyl sites for hydroxylation is 3. The Kier molecular flexibility index (Phi) is 5.33. The van der Waals surface area contributed by atoms with E-state index in [4.69, 9.17) is 0 Å². The van der Waals surface area contributed by atoms with Gasteiger partial charge in [0.05, 0.1) is 0 Å². The van der Waals surface area contributed by atoms with Crippen molar-refractivity contribution in [1.82, 2.24) is 15.5 Å². The Balaban J connectivity index is 1.39. The third kappa shape index (κ3) is 3.70. The molecule has 2 N–H and O–H groups in total. The minimum Gasteiger partial charge on any atom is -0.354 e. The second-order valence-electron chi connectivity index (χ2n) is 8.31. The summed E-state index contributed by atoms with van der Waals surface area (Å²) in [4.78, 5) is 39.0. The molecule has 0 radical (unpaired) electrons. The van der Waals surface area contributed by atoms with Crippen LogP contribution in [0.2, 0.25) is 0 Å². The molecule has 1 heterocycles. The number of carbonyl (C=O) groups excluding carboxylic acids is 3. The third-order valence-corrected chi connectivity index (χ3v) is 6.23. The molecule has 1 aliphatic heterocycles. The topological polar surface area (TPSA) is 78.5 Å². The number of benzene rings is 2. The van der Waals surface area contributed by atoms with Gasteiger partial charge < -0.3 is 10.6 Å². The molecule has 1 fully saturated rings. The molecule has 0 unspecified atom stereocenters. The molecule has 2 aromatic rings. The number of imide groups is 1. The fourth-order valence-corrected chi connectivity index (χ4v) is 4.35. The molecule has 0 bridgehead atoms. The van der Waals surface area contributed by atoms with Crippen molar-refractivity contribution in [3.8, 4) is 0 Å². The Morgan fingerprint density at radius 2 is 1.90 bits per heavy atom. The van der Waals surface area contributed by atoms with E-state index in [1.807, 2.05) is 49.4 Å². The Hall–Kier alpha value is -3.15. The summed E-state index contributed by atoms with van der Waals surface area (Å²) in [5, 5.41) is 5.60. The SMILES string of the molecule is Cc1ccccc1CCNC(=O)CN1C(=O)N[C@@](C)(c2ccc3c(c2)CCC3)C1=O. The molecule has 30 heavy (non-hydrogen) atoms. The van der Waals surface area contributed by atoms with Crippen LogP contribution in [0.4, 0.5) is 4.79 Å². The summed E-state index contributed by atoms with van der Waals surface area (Å²) in [5.41, 5.74) is 4.51. The van der Waals surface area contributed by atoms with E-state index in [2.05, 4.69) is 10.6 Å². The smallest absolute Gasteiger partial charge is 0.325 e. The number of nitrogens with zero attached hydrogens (tertiary/aromatic N) is 1. The molecule has 1 saturated heterocycles. The monoisotopic (exact) mass is 405 g/mol. The molecule has 4 amide bonds. The van der Waals surface area contributed by atoms with Crippen LogP contribution in [0.15, 0.2) is 42.5 Å². The summed E-state index contributed by atoms with van der Waals surface area (Å²) in [6, 6.07) is 13.5.